The molecule has 8 nitrogen and oxygen atoms in total. The van der Waals surface area contributed by atoms with E-state index in [1.165, 1.54) is 9.87 Å². The predicted octanol–water partition coefficient (Wildman–Crippen LogP) is 2.66. The molecule has 190 valence electrons. The zero-order valence-electron chi connectivity index (χ0n) is 20.9. The van der Waals surface area contributed by atoms with E-state index in [-0.39, 0.29) is 17.9 Å². The molecule has 0 saturated carbocycles. The number of rotatable bonds is 6. The van der Waals surface area contributed by atoms with Crippen LogP contribution in [0.4, 0.5) is 5.69 Å². The van der Waals surface area contributed by atoms with Gasteiger partial charge in [-0.25, -0.2) is 8.42 Å². The van der Waals surface area contributed by atoms with Crippen molar-refractivity contribution in [2.24, 2.45) is 0 Å². The maximum Gasteiger partial charge on any atom is 0.263 e. The molecule has 0 bridgehead atoms. The number of carbonyl (C=O) groups is 1. The molecule has 2 aromatic rings. The molecule has 2 aliphatic rings. The maximum atomic E-state index is 12.9. The summed E-state index contributed by atoms with van der Waals surface area (Å²) in [6.45, 7) is 10.8. The number of hydrogen-bond donors (Lipinski definition) is 1. The average molecular weight is 502 g/mol. The first-order chi connectivity index (χ1) is 16.5. The van der Waals surface area contributed by atoms with Crippen LogP contribution < -0.4 is 14.4 Å². The molecule has 1 saturated heterocycles. The van der Waals surface area contributed by atoms with Gasteiger partial charge in [-0.1, -0.05) is 51.1 Å². The van der Waals surface area contributed by atoms with Crippen molar-refractivity contribution < 1.29 is 22.7 Å². The van der Waals surface area contributed by atoms with E-state index < -0.39 is 16.1 Å². The summed E-state index contributed by atoms with van der Waals surface area (Å²) in [5.74, 6) is 0.0453. The molecule has 1 amide bonds. The minimum Gasteiger partial charge on any atom is -0.476 e. The van der Waals surface area contributed by atoms with Crippen LogP contribution in [0.1, 0.15) is 37.5 Å². The van der Waals surface area contributed by atoms with Crippen LogP contribution in [0.25, 0.3) is 0 Å². The van der Waals surface area contributed by atoms with E-state index >= 15 is 0 Å². The highest BCUT2D eigenvalue weighted by Crippen LogP contribution is 2.38. The van der Waals surface area contributed by atoms with Gasteiger partial charge in [0.05, 0.1) is 31.7 Å². The standard InChI is InChI=1S/C26H35N3O5S/c1-26(2,3)21-9-10-23-22(15-21)29(35(4,31)32)18-24(34-23)25(30)27-16-19-5-7-20(8-6-19)17-28-11-13-33-14-12-28/h5-10,15,24H,11-14,16-18H2,1-4H3,(H,27,30). The molecule has 2 aliphatic heterocycles. The van der Waals surface area contributed by atoms with Gasteiger partial charge in [0.2, 0.25) is 10.0 Å². The number of nitrogens with zero attached hydrogens (tertiary/aromatic N) is 2. The van der Waals surface area contributed by atoms with Gasteiger partial charge in [0, 0.05) is 26.2 Å². The fraction of sp³-hybridized carbons (Fsp3) is 0.500. The number of morpholine rings is 1. The van der Waals surface area contributed by atoms with E-state index in [0.29, 0.717) is 18.0 Å². The third kappa shape index (κ3) is 6.34. The van der Waals surface area contributed by atoms with Crippen molar-refractivity contribution in [2.45, 2.75) is 45.4 Å². The predicted molar refractivity (Wildman–Crippen MR) is 136 cm³/mol. The number of carbonyl (C=O) groups excluding carboxylic acids is 1. The second kappa shape index (κ2) is 10.2. The topological polar surface area (TPSA) is 88.2 Å². The van der Waals surface area contributed by atoms with Gasteiger partial charge < -0.3 is 14.8 Å². The normalized spacial score (nSPS) is 19.1. The minimum absolute atomic E-state index is 0.0657. The average Bonchev–Trinajstić information content (AvgIpc) is 2.82. The molecule has 9 heteroatoms. The lowest BCUT2D eigenvalue weighted by Crippen LogP contribution is -2.50. The Morgan fingerprint density at radius 2 is 1.71 bits per heavy atom. The Labute approximate surface area is 208 Å². The van der Waals surface area contributed by atoms with Crippen LogP contribution in [0.3, 0.4) is 0 Å². The number of ether oxygens (including phenoxy) is 2. The summed E-state index contributed by atoms with van der Waals surface area (Å²) >= 11 is 0. The molecule has 35 heavy (non-hydrogen) atoms. The zero-order chi connectivity index (χ0) is 25.2. The van der Waals surface area contributed by atoms with Crippen LogP contribution in [0.15, 0.2) is 42.5 Å². The fourth-order valence-corrected chi connectivity index (χ4v) is 5.16. The largest absolute Gasteiger partial charge is 0.476 e. The van der Waals surface area contributed by atoms with Crippen molar-refractivity contribution in [3.05, 3.63) is 59.2 Å². The molecular weight excluding hydrogens is 466 g/mol. The van der Waals surface area contributed by atoms with Gasteiger partial charge in [-0.05, 0) is 34.2 Å². The van der Waals surface area contributed by atoms with Crippen LogP contribution in [0.5, 0.6) is 5.75 Å². The Morgan fingerprint density at radius 1 is 1.06 bits per heavy atom. The fourth-order valence-electron chi connectivity index (χ4n) is 4.25. The van der Waals surface area contributed by atoms with Gasteiger partial charge >= 0.3 is 0 Å². The number of fused-ring (bicyclic) bond motifs is 1. The van der Waals surface area contributed by atoms with E-state index in [1.54, 1.807) is 6.07 Å². The van der Waals surface area contributed by atoms with Gasteiger partial charge in [-0.3, -0.25) is 14.0 Å². The third-order valence-electron chi connectivity index (χ3n) is 6.39. The number of hydrogen-bond acceptors (Lipinski definition) is 6. The van der Waals surface area contributed by atoms with E-state index in [0.717, 1.165) is 50.2 Å². The molecule has 1 atom stereocenters. The second-order valence-electron chi connectivity index (χ2n) is 10.3. The van der Waals surface area contributed by atoms with E-state index in [4.69, 9.17) is 9.47 Å². The number of anilines is 1. The quantitative estimate of drug-likeness (QED) is 0.655. The van der Waals surface area contributed by atoms with Crippen molar-refractivity contribution >= 4 is 21.6 Å². The molecule has 4 rings (SSSR count). The lowest BCUT2D eigenvalue weighted by Gasteiger charge is -2.35. The molecular formula is C26H35N3O5S. The molecule has 0 aromatic heterocycles. The van der Waals surface area contributed by atoms with Crippen LogP contribution in [0, 0.1) is 0 Å². The second-order valence-corrected chi connectivity index (χ2v) is 12.2. The van der Waals surface area contributed by atoms with Gasteiger partial charge in [0.1, 0.15) is 5.75 Å². The van der Waals surface area contributed by atoms with Gasteiger partial charge in [0.15, 0.2) is 6.10 Å². The summed E-state index contributed by atoms with van der Waals surface area (Å²) in [5.41, 5.74) is 3.50. The number of sulfonamides is 1. The van der Waals surface area contributed by atoms with Crippen LogP contribution >= 0.6 is 0 Å². The molecule has 1 N–H and O–H groups in total. The number of nitrogens with one attached hydrogen (secondary N) is 1. The molecule has 1 unspecified atom stereocenters. The molecule has 0 radical (unpaired) electrons. The van der Waals surface area contributed by atoms with Gasteiger partial charge in [-0.15, -0.1) is 0 Å². The van der Waals surface area contributed by atoms with E-state index in [2.05, 4.69) is 43.1 Å². The Bertz CT molecular complexity index is 1150. The van der Waals surface area contributed by atoms with Crippen LogP contribution in [-0.2, 0) is 38.1 Å². The Kier molecular flexibility index (Phi) is 7.40. The van der Waals surface area contributed by atoms with Crippen molar-refractivity contribution in [1.29, 1.82) is 0 Å². The highest BCUT2D eigenvalue weighted by atomic mass is 32.2. The number of benzene rings is 2. The lowest BCUT2D eigenvalue weighted by molar-refractivity contribution is -0.127. The summed E-state index contributed by atoms with van der Waals surface area (Å²) in [5, 5.41) is 2.90. The summed E-state index contributed by atoms with van der Waals surface area (Å²) in [6.07, 6.45) is 0.220. The van der Waals surface area contributed by atoms with Gasteiger partial charge in [-0.2, -0.15) is 0 Å². The zero-order valence-corrected chi connectivity index (χ0v) is 21.7. The number of amides is 1. The monoisotopic (exact) mass is 501 g/mol. The summed E-state index contributed by atoms with van der Waals surface area (Å²) in [7, 11) is -3.59. The third-order valence-corrected chi connectivity index (χ3v) is 7.53. The SMILES string of the molecule is CC(C)(C)c1ccc2c(c1)N(S(C)(=O)=O)CC(C(=O)NCc1ccc(CN3CCOCC3)cc1)O2. The van der Waals surface area contributed by atoms with Gasteiger partial charge in [0.25, 0.3) is 5.91 Å². The smallest absolute Gasteiger partial charge is 0.263 e. The Hall–Kier alpha value is -2.62. The first-order valence-corrected chi connectivity index (χ1v) is 13.8. The van der Waals surface area contributed by atoms with E-state index in [9.17, 15) is 13.2 Å². The van der Waals surface area contributed by atoms with Crippen molar-refractivity contribution in [2.75, 3.05) is 43.4 Å². The molecule has 0 spiro atoms. The molecule has 2 heterocycles. The van der Waals surface area contributed by atoms with E-state index in [1.807, 2.05) is 24.3 Å². The molecule has 0 aliphatic carbocycles. The lowest BCUT2D eigenvalue weighted by atomic mass is 9.86. The Morgan fingerprint density at radius 3 is 2.34 bits per heavy atom. The minimum atomic E-state index is -3.59. The van der Waals surface area contributed by atoms with Crippen LogP contribution in [-0.4, -0.2) is 64.4 Å². The summed E-state index contributed by atoms with van der Waals surface area (Å²) in [4.78, 5) is 15.3. The van der Waals surface area contributed by atoms with Crippen molar-refractivity contribution in [1.82, 2.24) is 10.2 Å². The maximum absolute atomic E-state index is 12.9. The van der Waals surface area contributed by atoms with Crippen molar-refractivity contribution in [3.63, 3.8) is 0 Å². The van der Waals surface area contributed by atoms with Crippen LogP contribution in [0.2, 0.25) is 0 Å². The molecule has 1 fully saturated rings. The summed E-state index contributed by atoms with van der Waals surface area (Å²) < 4.78 is 37.7. The molecule has 2 aromatic carbocycles. The first kappa shape index (κ1) is 25.5. The highest BCUT2D eigenvalue weighted by molar-refractivity contribution is 7.92. The van der Waals surface area contributed by atoms with Crippen molar-refractivity contribution in [3.8, 4) is 5.75 Å². The first-order valence-electron chi connectivity index (χ1n) is 12.0. The Balaban J connectivity index is 1.40. The highest BCUT2D eigenvalue weighted by Gasteiger charge is 2.35. The summed E-state index contributed by atoms with van der Waals surface area (Å²) in [6, 6.07) is 13.7.